The van der Waals surface area contributed by atoms with Crippen molar-refractivity contribution < 1.29 is 14.5 Å². The minimum Gasteiger partial charge on any atom is -0.402 e. The number of hydrogen-bond donors (Lipinski definition) is 0. The number of nitro groups is 1. The average Bonchev–Trinajstić information content (AvgIpc) is 3.07. The minimum atomic E-state index is -0.527. The Morgan fingerprint density at radius 3 is 2.59 bits per heavy atom. The Labute approximate surface area is 129 Å². The van der Waals surface area contributed by atoms with Crippen molar-refractivity contribution in [3.05, 3.63) is 67.5 Å². The van der Waals surface area contributed by atoms with Crippen LogP contribution in [-0.4, -0.2) is 16.8 Å². The molecule has 3 rings (SSSR count). The van der Waals surface area contributed by atoms with E-state index in [1.807, 2.05) is 18.4 Å². The third-order valence-electron chi connectivity index (χ3n) is 3.12. The van der Waals surface area contributed by atoms with Gasteiger partial charge in [-0.15, -0.1) is 11.3 Å². The number of benzene rings is 1. The number of aliphatic imine (C=N–C) groups is 1. The Hall–Kier alpha value is -2.80. The number of nitro benzene ring substituents is 1. The van der Waals surface area contributed by atoms with Gasteiger partial charge in [0.05, 0.1) is 4.92 Å². The number of cyclic esters (lactones) is 1. The number of thiophene rings is 1. The summed E-state index contributed by atoms with van der Waals surface area (Å²) in [7, 11) is 0. The number of rotatable bonds is 3. The SMILES string of the molecule is Cc1ccsc1C=C1N=C(c2ccc([N+](=O)[O-])cc2)OC1=O. The first-order chi connectivity index (χ1) is 10.5. The molecule has 22 heavy (non-hydrogen) atoms. The van der Waals surface area contributed by atoms with Crippen molar-refractivity contribution in [2.45, 2.75) is 6.92 Å². The highest BCUT2D eigenvalue weighted by Crippen LogP contribution is 2.24. The highest BCUT2D eigenvalue weighted by molar-refractivity contribution is 7.11. The molecule has 1 aromatic carbocycles. The highest BCUT2D eigenvalue weighted by atomic mass is 32.1. The van der Waals surface area contributed by atoms with E-state index in [0.29, 0.717) is 5.56 Å². The number of hydrogen-bond acceptors (Lipinski definition) is 6. The molecule has 0 unspecified atom stereocenters. The molecule has 0 radical (unpaired) electrons. The van der Waals surface area contributed by atoms with Crippen LogP contribution in [0, 0.1) is 17.0 Å². The Kier molecular flexibility index (Phi) is 3.56. The second-order valence-electron chi connectivity index (χ2n) is 4.61. The first kappa shape index (κ1) is 14.2. The second-order valence-corrected chi connectivity index (χ2v) is 5.56. The summed E-state index contributed by atoms with van der Waals surface area (Å²) < 4.78 is 5.13. The van der Waals surface area contributed by atoms with Gasteiger partial charge in [-0.1, -0.05) is 0 Å². The van der Waals surface area contributed by atoms with Crippen LogP contribution in [0.4, 0.5) is 5.69 Å². The van der Waals surface area contributed by atoms with Gasteiger partial charge in [-0.3, -0.25) is 10.1 Å². The minimum absolute atomic E-state index is 0.0290. The molecule has 1 aliphatic rings. The summed E-state index contributed by atoms with van der Waals surface area (Å²) in [4.78, 5) is 27.1. The average molecular weight is 314 g/mol. The molecule has 2 heterocycles. The van der Waals surface area contributed by atoms with E-state index in [2.05, 4.69) is 4.99 Å². The molecule has 2 aromatic rings. The number of aryl methyl sites for hydroxylation is 1. The van der Waals surface area contributed by atoms with E-state index in [9.17, 15) is 14.9 Å². The van der Waals surface area contributed by atoms with Crippen molar-refractivity contribution >= 4 is 35.0 Å². The predicted octanol–water partition coefficient (Wildman–Crippen LogP) is 3.31. The van der Waals surface area contributed by atoms with Gasteiger partial charge in [0.2, 0.25) is 5.90 Å². The van der Waals surface area contributed by atoms with Gasteiger partial charge in [0.1, 0.15) is 0 Å². The predicted molar refractivity (Wildman–Crippen MR) is 82.8 cm³/mol. The Morgan fingerprint density at radius 2 is 2.00 bits per heavy atom. The van der Waals surface area contributed by atoms with Gasteiger partial charge in [-0.25, -0.2) is 9.79 Å². The fraction of sp³-hybridized carbons (Fsp3) is 0.0667. The fourth-order valence-electron chi connectivity index (χ4n) is 1.91. The zero-order valence-corrected chi connectivity index (χ0v) is 12.3. The normalized spacial score (nSPS) is 15.8. The van der Waals surface area contributed by atoms with Crippen molar-refractivity contribution in [2.75, 3.05) is 0 Å². The summed E-state index contributed by atoms with van der Waals surface area (Å²) in [5.41, 5.74) is 1.77. The molecular formula is C15H10N2O4S. The maximum Gasteiger partial charge on any atom is 0.363 e. The number of carbonyl (C=O) groups excluding carboxylic acids is 1. The zero-order valence-electron chi connectivity index (χ0n) is 11.5. The molecule has 0 saturated carbocycles. The maximum absolute atomic E-state index is 11.9. The number of esters is 1. The van der Waals surface area contributed by atoms with E-state index in [0.717, 1.165) is 10.4 Å². The zero-order chi connectivity index (χ0) is 15.7. The van der Waals surface area contributed by atoms with E-state index >= 15 is 0 Å². The van der Waals surface area contributed by atoms with Gasteiger partial charge >= 0.3 is 5.97 Å². The number of non-ortho nitro benzene ring substituents is 1. The lowest BCUT2D eigenvalue weighted by Crippen LogP contribution is -2.05. The topological polar surface area (TPSA) is 81.8 Å². The van der Waals surface area contributed by atoms with E-state index in [1.165, 1.54) is 35.6 Å². The van der Waals surface area contributed by atoms with Gasteiger partial charge in [-0.05, 0) is 42.1 Å². The summed E-state index contributed by atoms with van der Waals surface area (Å²) in [6.07, 6.45) is 1.68. The van der Waals surface area contributed by atoms with Gasteiger partial charge in [0.15, 0.2) is 5.70 Å². The van der Waals surface area contributed by atoms with Gasteiger partial charge in [0, 0.05) is 22.6 Å². The highest BCUT2D eigenvalue weighted by Gasteiger charge is 2.24. The van der Waals surface area contributed by atoms with Crippen LogP contribution in [0.15, 0.2) is 46.4 Å². The molecule has 0 amide bonds. The maximum atomic E-state index is 11.9. The number of ether oxygens (including phenoxy) is 1. The van der Waals surface area contributed by atoms with Crippen molar-refractivity contribution in [3.63, 3.8) is 0 Å². The van der Waals surface area contributed by atoms with Crippen LogP contribution < -0.4 is 0 Å². The Balaban J connectivity index is 1.91. The van der Waals surface area contributed by atoms with E-state index < -0.39 is 10.9 Å². The summed E-state index contributed by atoms with van der Waals surface area (Å²) in [5, 5.41) is 12.6. The lowest BCUT2D eigenvalue weighted by Gasteiger charge is -1.98. The molecular weight excluding hydrogens is 304 g/mol. The third-order valence-corrected chi connectivity index (χ3v) is 4.08. The first-order valence-corrected chi connectivity index (χ1v) is 7.24. The van der Waals surface area contributed by atoms with Crippen molar-refractivity contribution in [1.29, 1.82) is 0 Å². The molecule has 110 valence electrons. The molecule has 0 atom stereocenters. The quantitative estimate of drug-likeness (QED) is 0.377. The largest absolute Gasteiger partial charge is 0.402 e. The molecule has 0 spiro atoms. The first-order valence-electron chi connectivity index (χ1n) is 6.36. The van der Waals surface area contributed by atoms with Gasteiger partial charge in [0.25, 0.3) is 5.69 Å². The van der Waals surface area contributed by atoms with Gasteiger partial charge in [-0.2, -0.15) is 0 Å². The molecule has 7 heteroatoms. The van der Waals surface area contributed by atoms with Crippen molar-refractivity contribution in [1.82, 2.24) is 0 Å². The van der Waals surface area contributed by atoms with Crippen LogP contribution in [0.2, 0.25) is 0 Å². The van der Waals surface area contributed by atoms with Crippen LogP contribution in [0.3, 0.4) is 0 Å². The van der Waals surface area contributed by atoms with Crippen LogP contribution in [0.1, 0.15) is 16.0 Å². The van der Waals surface area contributed by atoms with Crippen molar-refractivity contribution in [2.24, 2.45) is 4.99 Å². The smallest absolute Gasteiger partial charge is 0.363 e. The summed E-state index contributed by atoms with van der Waals surface area (Å²) >= 11 is 1.51. The molecule has 1 aromatic heterocycles. The summed E-state index contributed by atoms with van der Waals surface area (Å²) in [6, 6.07) is 7.65. The van der Waals surface area contributed by atoms with Crippen LogP contribution in [0.5, 0.6) is 0 Å². The molecule has 0 aliphatic carbocycles. The van der Waals surface area contributed by atoms with Crippen LogP contribution in [0.25, 0.3) is 6.08 Å². The molecule has 0 fully saturated rings. The van der Waals surface area contributed by atoms with Gasteiger partial charge < -0.3 is 4.74 Å². The summed E-state index contributed by atoms with van der Waals surface area (Å²) in [5.74, 6) is -0.374. The van der Waals surface area contributed by atoms with E-state index in [1.54, 1.807) is 6.08 Å². The summed E-state index contributed by atoms with van der Waals surface area (Å²) in [6.45, 7) is 1.95. The molecule has 6 nitrogen and oxygen atoms in total. The standard InChI is InChI=1S/C15H10N2O4S/c1-9-6-7-22-13(9)8-12-15(18)21-14(16-12)10-2-4-11(5-3-10)17(19)20/h2-8H,1H3. The van der Waals surface area contributed by atoms with E-state index in [4.69, 9.17) is 4.74 Å². The molecule has 0 saturated heterocycles. The van der Waals surface area contributed by atoms with Crippen molar-refractivity contribution in [3.8, 4) is 0 Å². The van der Waals surface area contributed by atoms with Crippen LogP contribution >= 0.6 is 11.3 Å². The monoisotopic (exact) mass is 314 g/mol. The molecule has 0 N–H and O–H groups in total. The fourth-order valence-corrected chi connectivity index (χ4v) is 2.77. The van der Waals surface area contributed by atoms with E-state index in [-0.39, 0.29) is 17.3 Å². The lowest BCUT2D eigenvalue weighted by atomic mass is 10.2. The molecule has 1 aliphatic heterocycles. The Morgan fingerprint density at radius 1 is 1.27 bits per heavy atom. The molecule has 0 bridgehead atoms. The Bertz CT molecular complexity index is 818. The van der Waals surface area contributed by atoms with Crippen LogP contribution in [-0.2, 0) is 9.53 Å². The number of nitrogens with zero attached hydrogens (tertiary/aromatic N) is 2. The second kappa shape index (κ2) is 5.53. The lowest BCUT2D eigenvalue weighted by molar-refractivity contribution is -0.384. The third kappa shape index (κ3) is 2.66. The number of carbonyl (C=O) groups is 1.